The predicted molar refractivity (Wildman–Crippen MR) is 36.6 cm³/mol. The molecule has 0 aliphatic heterocycles. The SMILES string of the molecule is O=C(O)C1=C2CCC(=C1)C2. The smallest absolute Gasteiger partial charge is 0.335 e. The molecule has 2 rings (SSSR count). The van der Waals surface area contributed by atoms with Crippen molar-refractivity contribution in [2.75, 3.05) is 0 Å². The summed E-state index contributed by atoms with van der Waals surface area (Å²) >= 11 is 0. The Morgan fingerprint density at radius 1 is 1.50 bits per heavy atom. The molecule has 1 saturated carbocycles. The Labute approximate surface area is 58.9 Å². The van der Waals surface area contributed by atoms with Crippen molar-refractivity contribution >= 4 is 5.97 Å². The molecular formula is C8H8O2. The van der Waals surface area contributed by atoms with Crippen molar-refractivity contribution in [3.05, 3.63) is 22.8 Å². The second-order valence-electron chi connectivity index (χ2n) is 2.80. The molecule has 0 amide bonds. The van der Waals surface area contributed by atoms with Crippen LogP contribution in [0.3, 0.4) is 0 Å². The minimum atomic E-state index is -0.760. The summed E-state index contributed by atoms with van der Waals surface area (Å²) in [4.78, 5) is 10.5. The van der Waals surface area contributed by atoms with Gasteiger partial charge in [0.2, 0.25) is 0 Å². The highest BCUT2D eigenvalue weighted by Gasteiger charge is 2.25. The molecule has 0 radical (unpaired) electrons. The van der Waals surface area contributed by atoms with Crippen molar-refractivity contribution in [3.8, 4) is 0 Å². The van der Waals surface area contributed by atoms with Gasteiger partial charge in [-0.3, -0.25) is 0 Å². The van der Waals surface area contributed by atoms with E-state index >= 15 is 0 Å². The largest absolute Gasteiger partial charge is 0.478 e. The summed E-state index contributed by atoms with van der Waals surface area (Å²) in [6.07, 6.45) is 4.82. The van der Waals surface area contributed by atoms with Crippen molar-refractivity contribution < 1.29 is 9.90 Å². The summed E-state index contributed by atoms with van der Waals surface area (Å²) in [5, 5.41) is 8.63. The Morgan fingerprint density at radius 2 is 2.30 bits per heavy atom. The maximum atomic E-state index is 10.5. The van der Waals surface area contributed by atoms with E-state index in [1.54, 1.807) is 0 Å². The number of aliphatic carboxylic acids is 1. The highest BCUT2D eigenvalue weighted by molar-refractivity contribution is 5.92. The second kappa shape index (κ2) is 1.72. The minimum Gasteiger partial charge on any atom is -0.478 e. The van der Waals surface area contributed by atoms with Crippen LogP contribution in [0.25, 0.3) is 0 Å². The lowest BCUT2D eigenvalue weighted by molar-refractivity contribution is -0.132. The quantitative estimate of drug-likeness (QED) is 0.593. The summed E-state index contributed by atoms with van der Waals surface area (Å²) in [6, 6.07) is 0. The lowest BCUT2D eigenvalue weighted by Gasteiger charge is -1.98. The Hall–Kier alpha value is -1.05. The van der Waals surface area contributed by atoms with Crippen molar-refractivity contribution in [2.24, 2.45) is 0 Å². The fourth-order valence-corrected chi connectivity index (χ4v) is 1.63. The first kappa shape index (κ1) is 5.71. The van der Waals surface area contributed by atoms with Gasteiger partial charge in [0.25, 0.3) is 0 Å². The first-order valence-corrected chi connectivity index (χ1v) is 3.42. The molecule has 2 nitrogen and oxygen atoms in total. The number of carboxylic acids is 1. The van der Waals surface area contributed by atoms with Crippen LogP contribution in [-0.4, -0.2) is 11.1 Å². The summed E-state index contributed by atoms with van der Waals surface area (Å²) < 4.78 is 0. The molecule has 0 atom stereocenters. The monoisotopic (exact) mass is 136 g/mol. The molecule has 1 fully saturated rings. The van der Waals surface area contributed by atoms with Crippen LogP contribution in [0.4, 0.5) is 0 Å². The predicted octanol–water partition coefficient (Wildman–Crippen LogP) is 1.49. The number of fused-ring (bicyclic) bond motifs is 2. The van der Waals surface area contributed by atoms with E-state index in [-0.39, 0.29) is 0 Å². The molecule has 0 heterocycles. The van der Waals surface area contributed by atoms with Gasteiger partial charge in [-0.15, -0.1) is 0 Å². The van der Waals surface area contributed by atoms with Crippen molar-refractivity contribution in [1.29, 1.82) is 0 Å². The molecule has 2 aliphatic rings. The average Bonchev–Trinajstić information content (AvgIpc) is 2.44. The molecule has 0 aromatic rings. The highest BCUT2D eigenvalue weighted by Crippen LogP contribution is 2.38. The molecule has 2 heteroatoms. The zero-order valence-electron chi connectivity index (χ0n) is 5.55. The molecule has 10 heavy (non-hydrogen) atoms. The number of carbonyl (C=O) groups is 1. The number of hydrogen-bond acceptors (Lipinski definition) is 1. The first-order valence-electron chi connectivity index (χ1n) is 3.42. The van der Waals surface area contributed by atoms with E-state index in [0.29, 0.717) is 5.57 Å². The van der Waals surface area contributed by atoms with Gasteiger partial charge in [-0.25, -0.2) is 4.79 Å². The number of rotatable bonds is 1. The Kier molecular flexibility index (Phi) is 0.982. The third-order valence-electron chi connectivity index (χ3n) is 2.15. The third kappa shape index (κ3) is 0.618. The maximum absolute atomic E-state index is 10.5. The molecule has 1 N–H and O–H groups in total. The molecule has 0 aromatic carbocycles. The fraction of sp³-hybridized carbons (Fsp3) is 0.375. The van der Waals surface area contributed by atoms with Crippen LogP contribution in [0, 0.1) is 0 Å². The van der Waals surface area contributed by atoms with Gasteiger partial charge in [0, 0.05) is 0 Å². The highest BCUT2D eigenvalue weighted by atomic mass is 16.4. The first-order chi connectivity index (χ1) is 4.77. The van der Waals surface area contributed by atoms with E-state index in [1.807, 2.05) is 6.08 Å². The van der Waals surface area contributed by atoms with Gasteiger partial charge < -0.3 is 5.11 Å². The van der Waals surface area contributed by atoms with E-state index in [4.69, 9.17) is 5.11 Å². The van der Waals surface area contributed by atoms with Gasteiger partial charge in [-0.05, 0) is 25.3 Å². The Bertz CT molecular complexity index is 258. The van der Waals surface area contributed by atoms with E-state index in [0.717, 1.165) is 24.8 Å². The van der Waals surface area contributed by atoms with Crippen LogP contribution < -0.4 is 0 Å². The van der Waals surface area contributed by atoms with Crippen LogP contribution in [-0.2, 0) is 4.79 Å². The second-order valence-corrected chi connectivity index (χ2v) is 2.80. The summed E-state index contributed by atoms with van der Waals surface area (Å²) in [6.45, 7) is 0. The number of carboxylic acid groups (broad SMARTS) is 1. The van der Waals surface area contributed by atoms with Crippen LogP contribution >= 0.6 is 0 Å². The lowest BCUT2D eigenvalue weighted by Crippen LogP contribution is -1.99. The van der Waals surface area contributed by atoms with Crippen LogP contribution in [0.2, 0.25) is 0 Å². The normalized spacial score (nSPS) is 21.8. The Morgan fingerprint density at radius 3 is 2.60 bits per heavy atom. The maximum Gasteiger partial charge on any atom is 0.335 e. The van der Waals surface area contributed by atoms with Gasteiger partial charge in [0.1, 0.15) is 0 Å². The molecule has 0 unspecified atom stereocenters. The third-order valence-corrected chi connectivity index (χ3v) is 2.15. The van der Waals surface area contributed by atoms with E-state index in [1.165, 1.54) is 5.57 Å². The van der Waals surface area contributed by atoms with Gasteiger partial charge >= 0.3 is 5.97 Å². The topological polar surface area (TPSA) is 37.3 Å². The van der Waals surface area contributed by atoms with Crippen molar-refractivity contribution in [3.63, 3.8) is 0 Å². The summed E-state index contributed by atoms with van der Waals surface area (Å²) in [5.41, 5.74) is 2.98. The minimum absolute atomic E-state index is 0.557. The van der Waals surface area contributed by atoms with Gasteiger partial charge in [0.15, 0.2) is 0 Å². The van der Waals surface area contributed by atoms with E-state index in [9.17, 15) is 4.79 Å². The number of hydrogen-bond donors (Lipinski definition) is 1. The molecule has 0 spiro atoms. The molecular weight excluding hydrogens is 128 g/mol. The van der Waals surface area contributed by atoms with Crippen molar-refractivity contribution in [2.45, 2.75) is 19.3 Å². The summed E-state index contributed by atoms with van der Waals surface area (Å²) in [5.74, 6) is -0.760. The van der Waals surface area contributed by atoms with Crippen LogP contribution in [0.15, 0.2) is 22.8 Å². The average molecular weight is 136 g/mol. The van der Waals surface area contributed by atoms with Gasteiger partial charge in [0.05, 0.1) is 5.57 Å². The van der Waals surface area contributed by atoms with Crippen LogP contribution in [0.1, 0.15) is 19.3 Å². The number of allylic oxidation sites excluding steroid dienone is 2. The molecule has 0 saturated heterocycles. The molecule has 2 bridgehead atoms. The van der Waals surface area contributed by atoms with Crippen LogP contribution in [0.5, 0.6) is 0 Å². The molecule has 52 valence electrons. The summed E-state index contributed by atoms with van der Waals surface area (Å²) in [7, 11) is 0. The molecule has 0 aromatic heterocycles. The van der Waals surface area contributed by atoms with Crippen molar-refractivity contribution in [1.82, 2.24) is 0 Å². The standard InChI is InChI=1S/C8H8O2/c9-8(10)7-4-5-1-2-6(7)3-5/h4H,1-3H2,(H,9,10). The lowest BCUT2D eigenvalue weighted by atomic mass is 10.1. The Balaban J connectivity index is 2.40. The zero-order valence-corrected chi connectivity index (χ0v) is 5.55. The van der Waals surface area contributed by atoms with Gasteiger partial charge in [-0.2, -0.15) is 0 Å². The fourth-order valence-electron chi connectivity index (χ4n) is 1.63. The zero-order chi connectivity index (χ0) is 7.14. The van der Waals surface area contributed by atoms with E-state index < -0.39 is 5.97 Å². The van der Waals surface area contributed by atoms with E-state index in [2.05, 4.69) is 0 Å². The molecule has 2 aliphatic carbocycles. The van der Waals surface area contributed by atoms with Gasteiger partial charge in [-0.1, -0.05) is 11.1 Å².